The normalized spacial score (nSPS) is 9.40. The van der Waals surface area contributed by atoms with Crippen LogP contribution in [-0.4, -0.2) is 11.2 Å². The third-order valence-corrected chi connectivity index (χ3v) is 1.83. The number of benzene rings is 1. The van der Waals surface area contributed by atoms with E-state index in [4.69, 9.17) is 4.52 Å². The number of aryl methyl sites for hydroxylation is 1. The van der Waals surface area contributed by atoms with E-state index < -0.39 is 0 Å². The third kappa shape index (κ3) is 2.39. The fraction of sp³-hybridized carbons (Fsp3) is 0.0909. The highest BCUT2D eigenvalue weighted by Crippen LogP contribution is 2.15. The van der Waals surface area contributed by atoms with Crippen LogP contribution in [0.1, 0.15) is 5.76 Å². The van der Waals surface area contributed by atoms with Gasteiger partial charge in [-0.3, -0.25) is 0 Å². The Morgan fingerprint density at radius 1 is 1.20 bits per heavy atom. The van der Waals surface area contributed by atoms with Crippen LogP contribution in [0.25, 0.3) is 0 Å². The first-order valence-electron chi connectivity index (χ1n) is 4.49. The standard InChI is InChI=1S/C11H9N3O/c1-9-11(7-14-15-9)13-8-12-10-5-3-2-4-6-10/h2-7H,1H3. The molecule has 0 aliphatic carbocycles. The molecule has 0 radical (unpaired) electrons. The molecule has 1 heterocycles. The Labute approximate surface area is 87.0 Å². The van der Waals surface area contributed by atoms with Gasteiger partial charge in [-0.25, -0.2) is 0 Å². The Bertz CT molecular complexity index is 496. The van der Waals surface area contributed by atoms with E-state index in [9.17, 15) is 0 Å². The summed E-state index contributed by atoms with van der Waals surface area (Å²) in [4.78, 5) is 8.02. The van der Waals surface area contributed by atoms with Crippen LogP contribution in [0.5, 0.6) is 0 Å². The van der Waals surface area contributed by atoms with E-state index in [0.29, 0.717) is 11.4 Å². The van der Waals surface area contributed by atoms with Crippen molar-refractivity contribution >= 4 is 17.4 Å². The minimum Gasteiger partial charge on any atom is -0.359 e. The molecule has 0 atom stereocenters. The second-order valence-corrected chi connectivity index (χ2v) is 2.93. The van der Waals surface area contributed by atoms with Gasteiger partial charge >= 0.3 is 0 Å². The van der Waals surface area contributed by atoms with Crippen molar-refractivity contribution in [3.05, 3.63) is 42.3 Å². The molecule has 0 amide bonds. The van der Waals surface area contributed by atoms with Gasteiger partial charge in [0, 0.05) is 0 Å². The maximum Gasteiger partial charge on any atom is 0.160 e. The molecule has 15 heavy (non-hydrogen) atoms. The van der Waals surface area contributed by atoms with Gasteiger partial charge in [0.05, 0.1) is 11.9 Å². The molecule has 4 heteroatoms. The minimum atomic E-state index is 0.648. The lowest BCUT2D eigenvalue weighted by Gasteiger charge is -1.85. The SMILES string of the molecule is Cc1oncc1N=C=Nc1ccccc1. The summed E-state index contributed by atoms with van der Waals surface area (Å²) < 4.78 is 4.84. The molecule has 0 aliphatic heterocycles. The second kappa shape index (κ2) is 4.35. The highest BCUT2D eigenvalue weighted by atomic mass is 16.5. The molecule has 0 fully saturated rings. The van der Waals surface area contributed by atoms with Crippen molar-refractivity contribution in [3.63, 3.8) is 0 Å². The van der Waals surface area contributed by atoms with E-state index in [0.717, 1.165) is 5.69 Å². The minimum absolute atomic E-state index is 0.648. The maximum absolute atomic E-state index is 4.84. The molecule has 0 aliphatic rings. The van der Waals surface area contributed by atoms with Gasteiger partial charge in [-0.1, -0.05) is 23.4 Å². The lowest BCUT2D eigenvalue weighted by molar-refractivity contribution is 0.398. The monoisotopic (exact) mass is 199 g/mol. The van der Waals surface area contributed by atoms with E-state index in [1.54, 1.807) is 6.92 Å². The fourth-order valence-electron chi connectivity index (χ4n) is 1.04. The van der Waals surface area contributed by atoms with E-state index in [1.807, 2.05) is 30.3 Å². The molecule has 0 bridgehead atoms. The molecule has 0 spiro atoms. The number of para-hydroxylation sites is 1. The summed E-state index contributed by atoms with van der Waals surface area (Å²) in [6, 6.07) is 12.1. The lowest BCUT2D eigenvalue weighted by atomic mass is 10.3. The summed E-state index contributed by atoms with van der Waals surface area (Å²) >= 11 is 0. The van der Waals surface area contributed by atoms with Crippen molar-refractivity contribution in [3.8, 4) is 0 Å². The van der Waals surface area contributed by atoms with Crippen LogP contribution in [-0.2, 0) is 0 Å². The van der Waals surface area contributed by atoms with Crippen molar-refractivity contribution in [1.29, 1.82) is 0 Å². The van der Waals surface area contributed by atoms with E-state index >= 15 is 0 Å². The zero-order valence-corrected chi connectivity index (χ0v) is 8.21. The zero-order chi connectivity index (χ0) is 10.5. The number of hydrogen-bond acceptors (Lipinski definition) is 4. The largest absolute Gasteiger partial charge is 0.359 e. The molecule has 0 unspecified atom stereocenters. The lowest BCUT2D eigenvalue weighted by Crippen LogP contribution is -1.63. The molecule has 0 saturated carbocycles. The van der Waals surface area contributed by atoms with Gasteiger partial charge in [-0.2, -0.15) is 9.98 Å². The Balaban J connectivity index is 2.19. The first-order chi connectivity index (χ1) is 7.36. The van der Waals surface area contributed by atoms with Gasteiger partial charge in [-0.05, 0) is 19.1 Å². The zero-order valence-electron chi connectivity index (χ0n) is 8.21. The average molecular weight is 199 g/mol. The molecule has 0 N–H and O–H groups in total. The van der Waals surface area contributed by atoms with Gasteiger partial charge in [0.15, 0.2) is 5.76 Å². The Morgan fingerprint density at radius 2 is 2.00 bits per heavy atom. The second-order valence-electron chi connectivity index (χ2n) is 2.93. The molecule has 1 aromatic heterocycles. The van der Waals surface area contributed by atoms with Crippen molar-refractivity contribution in [2.24, 2.45) is 9.98 Å². The van der Waals surface area contributed by atoms with E-state index in [2.05, 4.69) is 21.1 Å². The first kappa shape index (κ1) is 9.37. The summed E-state index contributed by atoms with van der Waals surface area (Å²) in [5.74, 6) is 0.658. The number of aliphatic imine (C=N–C) groups is 2. The van der Waals surface area contributed by atoms with Crippen LogP contribution in [0.4, 0.5) is 11.4 Å². The molecule has 4 nitrogen and oxygen atoms in total. The Kier molecular flexibility index (Phi) is 2.72. The van der Waals surface area contributed by atoms with Gasteiger partial charge in [0.25, 0.3) is 0 Å². The summed E-state index contributed by atoms with van der Waals surface area (Å²) in [6.07, 6.45) is 1.53. The van der Waals surface area contributed by atoms with Gasteiger partial charge in [-0.15, -0.1) is 0 Å². The predicted molar refractivity (Wildman–Crippen MR) is 56.9 cm³/mol. The third-order valence-electron chi connectivity index (χ3n) is 1.83. The van der Waals surface area contributed by atoms with Gasteiger partial charge in [0.2, 0.25) is 0 Å². The molecular weight excluding hydrogens is 190 g/mol. The quantitative estimate of drug-likeness (QED) is 0.697. The topological polar surface area (TPSA) is 50.8 Å². The van der Waals surface area contributed by atoms with Gasteiger partial charge in [0.1, 0.15) is 11.7 Å². The van der Waals surface area contributed by atoms with Crippen molar-refractivity contribution < 1.29 is 4.52 Å². The highest BCUT2D eigenvalue weighted by Gasteiger charge is 1.97. The summed E-state index contributed by atoms with van der Waals surface area (Å²) in [6.45, 7) is 1.79. The highest BCUT2D eigenvalue weighted by molar-refractivity contribution is 5.57. The van der Waals surface area contributed by atoms with Crippen LogP contribution in [0, 0.1) is 6.92 Å². The van der Waals surface area contributed by atoms with Crippen LogP contribution < -0.4 is 0 Å². The average Bonchev–Trinajstić information content (AvgIpc) is 2.66. The van der Waals surface area contributed by atoms with Crippen LogP contribution in [0.3, 0.4) is 0 Å². The number of nitrogens with zero attached hydrogens (tertiary/aromatic N) is 3. The van der Waals surface area contributed by atoms with E-state index in [1.165, 1.54) is 6.20 Å². The number of hydrogen-bond donors (Lipinski definition) is 0. The van der Waals surface area contributed by atoms with Gasteiger partial charge < -0.3 is 4.52 Å². The maximum atomic E-state index is 4.84. The smallest absolute Gasteiger partial charge is 0.160 e. The fourth-order valence-corrected chi connectivity index (χ4v) is 1.04. The molecule has 74 valence electrons. The molecule has 2 aromatic rings. The van der Waals surface area contributed by atoms with E-state index in [-0.39, 0.29) is 0 Å². The molecule has 2 rings (SSSR count). The Morgan fingerprint density at radius 3 is 2.67 bits per heavy atom. The van der Waals surface area contributed by atoms with Crippen LogP contribution >= 0.6 is 0 Å². The van der Waals surface area contributed by atoms with Crippen molar-refractivity contribution in [2.75, 3.05) is 0 Å². The van der Waals surface area contributed by atoms with Crippen molar-refractivity contribution in [2.45, 2.75) is 6.92 Å². The van der Waals surface area contributed by atoms with Crippen molar-refractivity contribution in [1.82, 2.24) is 5.16 Å². The number of aromatic nitrogens is 1. The number of rotatable bonds is 2. The van der Waals surface area contributed by atoms with Crippen LogP contribution in [0.15, 0.2) is 51.0 Å². The summed E-state index contributed by atoms with van der Waals surface area (Å²) in [7, 11) is 0. The Hall–Kier alpha value is -2.19. The predicted octanol–water partition coefficient (Wildman–Crippen LogP) is 3.12. The first-order valence-corrected chi connectivity index (χ1v) is 4.49. The summed E-state index contributed by atoms with van der Waals surface area (Å²) in [5, 5.41) is 3.60. The van der Waals surface area contributed by atoms with Crippen LogP contribution in [0.2, 0.25) is 0 Å². The molecule has 1 aromatic carbocycles. The summed E-state index contributed by atoms with van der Waals surface area (Å²) in [5.41, 5.74) is 1.46. The molecule has 0 saturated heterocycles. The molecular formula is C11H9N3O.